The van der Waals surface area contributed by atoms with E-state index < -0.39 is 0 Å². The average molecular weight is 345 g/mol. The maximum atomic E-state index is 12.3. The minimum absolute atomic E-state index is 0.329. The fraction of sp³-hybridized carbons (Fsp3) is 0.143. The number of esters is 1. The van der Waals surface area contributed by atoms with E-state index in [2.05, 4.69) is 34.2 Å². The van der Waals surface area contributed by atoms with Crippen molar-refractivity contribution in [3.63, 3.8) is 0 Å². The van der Waals surface area contributed by atoms with Crippen LogP contribution in [0, 0.1) is 0 Å². The van der Waals surface area contributed by atoms with Crippen LogP contribution in [0.1, 0.15) is 27.4 Å². The number of benzene rings is 2. The van der Waals surface area contributed by atoms with E-state index in [1.165, 1.54) is 7.11 Å². The van der Waals surface area contributed by atoms with E-state index in [1.807, 2.05) is 41.1 Å². The normalized spacial score (nSPS) is 11.0. The zero-order valence-electron chi connectivity index (χ0n) is 14.5. The number of carbonyl (C=O) groups excluding carboxylic acids is 1. The molecule has 4 aromatic rings. The summed E-state index contributed by atoms with van der Waals surface area (Å²) in [6, 6.07) is 18.2. The van der Waals surface area contributed by atoms with Crippen LogP contribution in [-0.2, 0) is 17.7 Å². The highest BCUT2D eigenvalue weighted by molar-refractivity contribution is 5.95. The summed E-state index contributed by atoms with van der Waals surface area (Å²) < 4.78 is 7.00. The number of rotatable bonds is 5. The summed E-state index contributed by atoms with van der Waals surface area (Å²) in [5.41, 5.74) is 3.84. The van der Waals surface area contributed by atoms with Crippen LogP contribution in [-0.4, -0.2) is 27.6 Å². The molecule has 130 valence electrons. The van der Waals surface area contributed by atoms with Gasteiger partial charge in [-0.05, 0) is 23.3 Å². The second-order valence-corrected chi connectivity index (χ2v) is 6.20. The van der Waals surface area contributed by atoms with Gasteiger partial charge in [0.25, 0.3) is 0 Å². The first-order chi connectivity index (χ1) is 12.7. The van der Waals surface area contributed by atoms with Crippen molar-refractivity contribution in [2.24, 2.45) is 0 Å². The number of aromatic amines is 1. The minimum Gasteiger partial charge on any atom is -0.464 e. The van der Waals surface area contributed by atoms with Gasteiger partial charge in [-0.1, -0.05) is 42.5 Å². The van der Waals surface area contributed by atoms with Crippen LogP contribution in [0.3, 0.4) is 0 Å². The maximum Gasteiger partial charge on any atom is 0.354 e. The van der Waals surface area contributed by atoms with Gasteiger partial charge in [0, 0.05) is 36.3 Å². The van der Waals surface area contributed by atoms with Gasteiger partial charge in [-0.25, -0.2) is 9.78 Å². The van der Waals surface area contributed by atoms with Crippen molar-refractivity contribution in [1.82, 2.24) is 14.5 Å². The number of imidazole rings is 1. The van der Waals surface area contributed by atoms with Crippen LogP contribution < -0.4 is 0 Å². The molecule has 0 spiro atoms. The Labute approximate surface area is 151 Å². The first kappa shape index (κ1) is 16.1. The third kappa shape index (κ3) is 3.11. The van der Waals surface area contributed by atoms with E-state index >= 15 is 0 Å². The number of carbonyl (C=O) groups is 1. The second kappa shape index (κ2) is 6.88. The molecule has 1 N–H and O–H groups in total. The lowest BCUT2D eigenvalue weighted by Crippen LogP contribution is -2.11. The fourth-order valence-corrected chi connectivity index (χ4v) is 3.21. The van der Waals surface area contributed by atoms with Crippen molar-refractivity contribution >= 4 is 16.9 Å². The molecule has 2 aromatic heterocycles. The van der Waals surface area contributed by atoms with E-state index in [4.69, 9.17) is 4.74 Å². The number of hydrogen-bond acceptors (Lipinski definition) is 3. The number of nitrogens with zero attached hydrogens (tertiary/aromatic N) is 2. The summed E-state index contributed by atoms with van der Waals surface area (Å²) in [4.78, 5) is 19.7. The lowest BCUT2D eigenvalue weighted by Gasteiger charge is -2.10. The molecule has 2 heterocycles. The first-order valence-corrected chi connectivity index (χ1v) is 8.47. The monoisotopic (exact) mass is 345 g/mol. The zero-order chi connectivity index (χ0) is 17.9. The maximum absolute atomic E-state index is 12.3. The molecule has 2 aromatic carbocycles. The summed E-state index contributed by atoms with van der Waals surface area (Å²) in [7, 11) is 1.41. The van der Waals surface area contributed by atoms with Crippen molar-refractivity contribution in [2.75, 3.05) is 7.11 Å². The molecule has 0 unspecified atom stereocenters. The largest absolute Gasteiger partial charge is 0.464 e. The zero-order valence-corrected chi connectivity index (χ0v) is 14.5. The summed E-state index contributed by atoms with van der Waals surface area (Å²) in [6.45, 7) is 0.610. The van der Waals surface area contributed by atoms with Gasteiger partial charge in [-0.2, -0.15) is 0 Å². The van der Waals surface area contributed by atoms with E-state index in [0.717, 1.165) is 27.9 Å². The predicted octanol–water partition coefficient (Wildman–Crippen LogP) is 3.79. The molecule has 0 saturated heterocycles. The van der Waals surface area contributed by atoms with Crippen molar-refractivity contribution in [1.29, 1.82) is 0 Å². The van der Waals surface area contributed by atoms with Crippen LogP contribution >= 0.6 is 0 Å². The standard InChI is InChI=1S/C21H19N3O2/c1-26-21(25)19-13-17-8-7-16(12-20-22-9-10-23-20)11-18(17)24(19)14-15-5-3-2-4-6-15/h2-11,13H,12,14H2,1H3,(H,22,23). The molecule has 0 aliphatic heterocycles. The number of ether oxygens (including phenoxy) is 1. The molecule has 0 bridgehead atoms. The Morgan fingerprint density at radius 1 is 1.12 bits per heavy atom. The third-order valence-corrected chi connectivity index (χ3v) is 4.47. The number of H-pyrrole nitrogens is 1. The molecular formula is C21H19N3O2. The van der Waals surface area contributed by atoms with Gasteiger partial charge in [-0.3, -0.25) is 0 Å². The number of methoxy groups -OCH3 is 1. The topological polar surface area (TPSA) is 59.9 Å². The van der Waals surface area contributed by atoms with Crippen molar-refractivity contribution in [3.05, 3.63) is 89.6 Å². The van der Waals surface area contributed by atoms with E-state index in [-0.39, 0.29) is 5.97 Å². The fourth-order valence-electron chi connectivity index (χ4n) is 3.21. The molecular weight excluding hydrogens is 326 g/mol. The minimum atomic E-state index is -0.329. The number of fused-ring (bicyclic) bond motifs is 1. The Hall–Kier alpha value is -3.34. The van der Waals surface area contributed by atoms with Crippen LogP contribution in [0.15, 0.2) is 67.0 Å². The molecule has 0 aliphatic carbocycles. The van der Waals surface area contributed by atoms with Crippen molar-refractivity contribution < 1.29 is 9.53 Å². The van der Waals surface area contributed by atoms with Crippen LogP contribution in [0.2, 0.25) is 0 Å². The summed E-state index contributed by atoms with van der Waals surface area (Å²) >= 11 is 0. The number of hydrogen-bond donors (Lipinski definition) is 1. The SMILES string of the molecule is COC(=O)c1cc2ccc(Cc3ncc[nH]3)cc2n1Cc1ccccc1. The van der Waals surface area contributed by atoms with E-state index in [9.17, 15) is 4.79 Å². The predicted molar refractivity (Wildman–Crippen MR) is 100 cm³/mol. The van der Waals surface area contributed by atoms with Crippen molar-refractivity contribution in [3.8, 4) is 0 Å². The lowest BCUT2D eigenvalue weighted by molar-refractivity contribution is 0.0589. The second-order valence-electron chi connectivity index (χ2n) is 6.20. The highest BCUT2D eigenvalue weighted by atomic mass is 16.5. The van der Waals surface area contributed by atoms with Gasteiger partial charge in [0.15, 0.2) is 0 Å². The van der Waals surface area contributed by atoms with E-state index in [0.29, 0.717) is 18.7 Å². The van der Waals surface area contributed by atoms with Crippen LogP contribution in [0.4, 0.5) is 0 Å². The summed E-state index contributed by atoms with van der Waals surface area (Å²) in [5.74, 6) is 0.587. The van der Waals surface area contributed by atoms with Gasteiger partial charge in [0.1, 0.15) is 11.5 Å². The van der Waals surface area contributed by atoms with E-state index in [1.54, 1.807) is 6.20 Å². The Morgan fingerprint density at radius 3 is 2.69 bits per heavy atom. The Bertz CT molecular complexity index is 1030. The smallest absolute Gasteiger partial charge is 0.354 e. The highest BCUT2D eigenvalue weighted by Crippen LogP contribution is 2.24. The molecule has 0 aliphatic rings. The molecule has 0 saturated carbocycles. The Balaban J connectivity index is 1.80. The van der Waals surface area contributed by atoms with Crippen LogP contribution in [0.25, 0.3) is 10.9 Å². The Morgan fingerprint density at radius 2 is 1.96 bits per heavy atom. The van der Waals surface area contributed by atoms with Gasteiger partial charge in [-0.15, -0.1) is 0 Å². The summed E-state index contributed by atoms with van der Waals surface area (Å²) in [6.07, 6.45) is 4.29. The van der Waals surface area contributed by atoms with Gasteiger partial charge >= 0.3 is 5.97 Å². The van der Waals surface area contributed by atoms with Crippen molar-refractivity contribution in [2.45, 2.75) is 13.0 Å². The lowest BCUT2D eigenvalue weighted by atomic mass is 10.1. The molecule has 4 rings (SSSR count). The molecule has 0 amide bonds. The number of nitrogens with one attached hydrogen (secondary N) is 1. The number of aromatic nitrogens is 3. The molecule has 0 fully saturated rings. The van der Waals surface area contributed by atoms with Gasteiger partial charge < -0.3 is 14.3 Å². The van der Waals surface area contributed by atoms with Crippen LogP contribution in [0.5, 0.6) is 0 Å². The molecule has 0 atom stereocenters. The first-order valence-electron chi connectivity index (χ1n) is 8.47. The van der Waals surface area contributed by atoms with Gasteiger partial charge in [0.2, 0.25) is 0 Å². The highest BCUT2D eigenvalue weighted by Gasteiger charge is 2.17. The molecule has 0 radical (unpaired) electrons. The summed E-state index contributed by atoms with van der Waals surface area (Å²) in [5, 5.41) is 1.02. The molecule has 5 nitrogen and oxygen atoms in total. The Kier molecular flexibility index (Phi) is 4.27. The average Bonchev–Trinajstić information content (AvgIpc) is 3.30. The molecule has 26 heavy (non-hydrogen) atoms. The van der Waals surface area contributed by atoms with Gasteiger partial charge in [0.05, 0.1) is 7.11 Å². The molecule has 5 heteroatoms. The third-order valence-electron chi connectivity index (χ3n) is 4.47. The quantitative estimate of drug-likeness (QED) is 0.560.